The average molecular weight is 465 g/mol. The summed E-state index contributed by atoms with van der Waals surface area (Å²) in [5, 5.41) is 11.0. The Bertz CT molecular complexity index is 1140. The summed E-state index contributed by atoms with van der Waals surface area (Å²) in [5.74, 6) is -1.53. The maximum absolute atomic E-state index is 13.4. The second-order valence-corrected chi connectivity index (χ2v) is 8.69. The van der Waals surface area contributed by atoms with E-state index in [1.165, 1.54) is 23.1 Å². The van der Waals surface area contributed by atoms with E-state index in [-0.39, 0.29) is 29.3 Å². The third kappa shape index (κ3) is 2.55. The molecule has 30 heavy (non-hydrogen) atoms. The van der Waals surface area contributed by atoms with Crippen LogP contribution in [0.2, 0.25) is 0 Å². The number of hydrogen-bond acceptors (Lipinski definition) is 4. The Morgan fingerprint density at radius 3 is 2.13 bits per heavy atom. The van der Waals surface area contributed by atoms with Gasteiger partial charge in [0.1, 0.15) is 0 Å². The monoisotopic (exact) mass is 464 g/mol. The van der Waals surface area contributed by atoms with Gasteiger partial charge < -0.3 is 0 Å². The molecule has 6 nitrogen and oxygen atoms in total. The molecule has 7 heteroatoms. The summed E-state index contributed by atoms with van der Waals surface area (Å²) in [4.78, 5) is 38.4. The van der Waals surface area contributed by atoms with E-state index in [2.05, 4.69) is 22.9 Å². The minimum atomic E-state index is -0.509. The number of amides is 2. The lowest BCUT2D eigenvalue weighted by molar-refractivity contribution is -0.384. The lowest BCUT2D eigenvalue weighted by Gasteiger charge is -2.21. The molecule has 2 bridgehead atoms. The van der Waals surface area contributed by atoms with Crippen LogP contribution in [0.15, 0.2) is 70.7 Å². The van der Waals surface area contributed by atoms with Gasteiger partial charge in [0, 0.05) is 28.4 Å². The fourth-order valence-electron chi connectivity index (χ4n) is 5.15. The second-order valence-electron chi connectivity index (χ2n) is 7.84. The first kappa shape index (κ1) is 18.9. The maximum Gasteiger partial charge on any atom is 0.270 e. The number of fused-ring (bicyclic) bond motifs is 5. The number of benzene rings is 2. The Kier molecular flexibility index (Phi) is 4.25. The zero-order chi connectivity index (χ0) is 21.2. The van der Waals surface area contributed by atoms with Crippen LogP contribution in [0.4, 0.5) is 11.4 Å². The molecule has 2 amide bonds. The highest BCUT2D eigenvalue weighted by Gasteiger charge is 2.62. The molecule has 0 unspecified atom stereocenters. The van der Waals surface area contributed by atoms with Gasteiger partial charge in [-0.15, -0.1) is 0 Å². The van der Waals surface area contributed by atoms with Crippen molar-refractivity contribution in [3.8, 4) is 0 Å². The van der Waals surface area contributed by atoms with Crippen LogP contribution in [0, 0.1) is 33.8 Å². The quantitative estimate of drug-likeness (QED) is 0.284. The zero-order valence-corrected chi connectivity index (χ0v) is 17.6. The van der Waals surface area contributed by atoms with Gasteiger partial charge in [0.15, 0.2) is 0 Å². The summed E-state index contributed by atoms with van der Waals surface area (Å²) in [5.41, 5.74) is 3.63. The Morgan fingerprint density at radius 1 is 1.00 bits per heavy atom. The summed E-state index contributed by atoms with van der Waals surface area (Å²) < 4.78 is 0.356. The number of rotatable bonds is 3. The van der Waals surface area contributed by atoms with Crippen molar-refractivity contribution in [2.45, 2.75) is 6.92 Å². The molecule has 0 aromatic heterocycles. The van der Waals surface area contributed by atoms with Gasteiger partial charge in [0.05, 0.1) is 22.4 Å². The lowest BCUT2D eigenvalue weighted by Crippen LogP contribution is -2.33. The van der Waals surface area contributed by atoms with Crippen molar-refractivity contribution >= 4 is 44.7 Å². The molecular weight excluding hydrogens is 448 g/mol. The van der Waals surface area contributed by atoms with Crippen LogP contribution in [-0.4, -0.2) is 16.7 Å². The number of halogens is 1. The highest BCUT2D eigenvalue weighted by atomic mass is 79.9. The van der Waals surface area contributed by atoms with Crippen LogP contribution >= 0.6 is 15.9 Å². The average Bonchev–Trinajstić information content (AvgIpc) is 3.38. The molecule has 5 rings (SSSR count). The first-order chi connectivity index (χ1) is 14.4. The van der Waals surface area contributed by atoms with Gasteiger partial charge in [-0.25, -0.2) is 4.90 Å². The van der Waals surface area contributed by atoms with Gasteiger partial charge >= 0.3 is 0 Å². The standard InChI is InChI=1S/C23H17BrN2O4/c1-12(13-5-3-2-4-6-13)19-15-8-9-16(19)21-20(15)22(27)25(23(21)28)18-10-7-14(26(29)30)11-17(18)24/h2-11,15-16,20-21H,1H3/t15-,16-,20-,21-/m1/s1. The van der Waals surface area contributed by atoms with Gasteiger partial charge in [-0.2, -0.15) is 0 Å². The summed E-state index contributed by atoms with van der Waals surface area (Å²) in [6.45, 7) is 2.05. The topological polar surface area (TPSA) is 80.5 Å². The number of carbonyl (C=O) groups excluding carboxylic acids is 2. The van der Waals surface area contributed by atoms with Gasteiger partial charge in [0.2, 0.25) is 11.8 Å². The first-order valence-corrected chi connectivity index (χ1v) is 10.5. The number of anilines is 1. The Labute approximate surface area is 181 Å². The summed E-state index contributed by atoms with van der Waals surface area (Å²) >= 11 is 3.30. The largest absolute Gasteiger partial charge is 0.274 e. The third-order valence-electron chi connectivity index (χ3n) is 6.44. The highest BCUT2D eigenvalue weighted by molar-refractivity contribution is 9.10. The lowest BCUT2D eigenvalue weighted by atomic mass is 9.85. The molecule has 2 aromatic rings. The molecule has 2 aliphatic carbocycles. The zero-order valence-electron chi connectivity index (χ0n) is 16.0. The van der Waals surface area contributed by atoms with Crippen LogP contribution < -0.4 is 4.90 Å². The van der Waals surface area contributed by atoms with E-state index in [0.717, 1.165) is 16.7 Å². The smallest absolute Gasteiger partial charge is 0.270 e. The normalized spacial score (nSPS) is 26.5. The van der Waals surface area contributed by atoms with Crippen LogP contribution in [0.25, 0.3) is 5.57 Å². The number of allylic oxidation sites excluding steroid dienone is 4. The molecular formula is C23H17BrN2O4. The van der Waals surface area contributed by atoms with E-state index in [9.17, 15) is 19.7 Å². The highest BCUT2D eigenvalue weighted by Crippen LogP contribution is 2.58. The molecule has 4 atom stereocenters. The molecule has 2 aromatic carbocycles. The molecule has 150 valence electrons. The van der Waals surface area contributed by atoms with E-state index in [4.69, 9.17) is 0 Å². The van der Waals surface area contributed by atoms with E-state index in [1.807, 2.05) is 42.5 Å². The molecule has 3 aliphatic rings. The summed E-state index contributed by atoms with van der Waals surface area (Å²) in [7, 11) is 0. The van der Waals surface area contributed by atoms with Crippen molar-refractivity contribution in [1.29, 1.82) is 0 Å². The van der Waals surface area contributed by atoms with E-state index < -0.39 is 16.8 Å². The van der Waals surface area contributed by atoms with Crippen LogP contribution in [0.1, 0.15) is 12.5 Å². The van der Waals surface area contributed by atoms with Crippen molar-refractivity contribution in [1.82, 2.24) is 0 Å². The minimum Gasteiger partial charge on any atom is -0.274 e. The van der Waals surface area contributed by atoms with Crippen LogP contribution in [-0.2, 0) is 9.59 Å². The van der Waals surface area contributed by atoms with Crippen molar-refractivity contribution in [3.63, 3.8) is 0 Å². The Hall–Kier alpha value is -3.06. The number of nitro benzene ring substituents is 1. The van der Waals surface area contributed by atoms with Gasteiger partial charge in [0.25, 0.3) is 5.69 Å². The SMILES string of the molecule is CC(=C1[C@H]2C=C[C@H]1[C@H]1C(=O)N(c3ccc([N+](=O)[O-])cc3Br)C(=O)[C@@H]12)c1ccccc1. The van der Waals surface area contributed by atoms with E-state index in [0.29, 0.717) is 10.2 Å². The molecule has 1 heterocycles. The molecule has 1 saturated heterocycles. The predicted molar refractivity (Wildman–Crippen MR) is 115 cm³/mol. The molecule has 0 N–H and O–H groups in total. The summed E-state index contributed by atoms with van der Waals surface area (Å²) in [6.07, 6.45) is 4.10. The second kappa shape index (κ2) is 6.74. The number of hydrogen-bond donors (Lipinski definition) is 0. The van der Waals surface area contributed by atoms with Crippen molar-refractivity contribution in [2.24, 2.45) is 23.7 Å². The molecule has 1 aliphatic heterocycles. The fourth-order valence-corrected chi connectivity index (χ4v) is 5.69. The molecule has 2 fully saturated rings. The Balaban J connectivity index is 1.54. The molecule has 0 radical (unpaired) electrons. The van der Waals surface area contributed by atoms with Crippen molar-refractivity contribution in [2.75, 3.05) is 4.90 Å². The van der Waals surface area contributed by atoms with Gasteiger partial charge in [-0.05, 0) is 40.1 Å². The molecule has 1 saturated carbocycles. The predicted octanol–water partition coefficient (Wildman–Crippen LogP) is 4.75. The third-order valence-corrected chi connectivity index (χ3v) is 7.07. The molecule has 0 spiro atoms. The number of nitrogens with zero attached hydrogens (tertiary/aromatic N) is 2. The van der Waals surface area contributed by atoms with Crippen molar-refractivity contribution < 1.29 is 14.5 Å². The van der Waals surface area contributed by atoms with Crippen LogP contribution in [0.5, 0.6) is 0 Å². The minimum absolute atomic E-state index is 0.0986. The van der Waals surface area contributed by atoms with Crippen molar-refractivity contribution in [3.05, 3.63) is 86.4 Å². The van der Waals surface area contributed by atoms with E-state index >= 15 is 0 Å². The number of non-ortho nitro benzene ring substituents is 1. The van der Waals surface area contributed by atoms with Gasteiger partial charge in [-0.1, -0.05) is 48.1 Å². The Morgan fingerprint density at radius 2 is 1.60 bits per heavy atom. The number of nitro groups is 1. The van der Waals surface area contributed by atoms with E-state index in [1.54, 1.807) is 0 Å². The van der Waals surface area contributed by atoms with Crippen LogP contribution in [0.3, 0.4) is 0 Å². The first-order valence-electron chi connectivity index (χ1n) is 9.66. The number of carbonyl (C=O) groups is 2. The summed E-state index contributed by atoms with van der Waals surface area (Å²) in [6, 6.07) is 14.1. The fraction of sp³-hybridized carbons (Fsp3) is 0.217. The maximum atomic E-state index is 13.4. The number of imide groups is 1. The van der Waals surface area contributed by atoms with Gasteiger partial charge in [-0.3, -0.25) is 19.7 Å².